The van der Waals surface area contributed by atoms with Crippen molar-refractivity contribution in [1.29, 1.82) is 0 Å². The van der Waals surface area contributed by atoms with Crippen molar-refractivity contribution < 1.29 is 14.3 Å². The molecule has 0 aromatic carbocycles. The molecule has 20 heavy (non-hydrogen) atoms. The lowest BCUT2D eigenvalue weighted by Gasteiger charge is -2.01. The molecule has 2 aromatic rings. The summed E-state index contributed by atoms with van der Waals surface area (Å²) in [7, 11) is 0. The standard InChI is InChI=1S/C14H12N2O3S/c1-3-8-19-12-11(14(17)18-4-2)20-13(16-12)10-6-5-7-15-9-10/h1,5-7,9H,4,8H2,2H3. The van der Waals surface area contributed by atoms with E-state index in [0.29, 0.717) is 9.88 Å². The van der Waals surface area contributed by atoms with Crippen molar-refractivity contribution in [3.8, 4) is 28.8 Å². The van der Waals surface area contributed by atoms with Gasteiger partial charge in [0.15, 0.2) is 11.5 Å². The summed E-state index contributed by atoms with van der Waals surface area (Å²) in [5.74, 6) is 2.08. The van der Waals surface area contributed by atoms with Crippen LogP contribution in [0.4, 0.5) is 0 Å². The van der Waals surface area contributed by atoms with Crippen LogP contribution in [0.15, 0.2) is 24.5 Å². The van der Waals surface area contributed by atoms with Gasteiger partial charge in [0.25, 0.3) is 0 Å². The smallest absolute Gasteiger partial charge is 0.354 e. The lowest BCUT2D eigenvalue weighted by Crippen LogP contribution is -2.05. The van der Waals surface area contributed by atoms with Crippen molar-refractivity contribution >= 4 is 17.3 Å². The Bertz CT molecular complexity index is 632. The molecule has 2 aromatic heterocycles. The van der Waals surface area contributed by atoms with E-state index in [1.165, 1.54) is 11.3 Å². The molecule has 0 aliphatic carbocycles. The van der Waals surface area contributed by atoms with Gasteiger partial charge in [-0.05, 0) is 19.1 Å². The Morgan fingerprint density at radius 1 is 1.55 bits per heavy atom. The van der Waals surface area contributed by atoms with Gasteiger partial charge in [-0.25, -0.2) is 9.78 Å². The van der Waals surface area contributed by atoms with E-state index in [1.807, 2.05) is 6.07 Å². The fraction of sp³-hybridized carbons (Fsp3) is 0.214. The Morgan fingerprint density at radius 2 is 2.40 bits per heavy atom. The minimum Gasteiger partial charge on any atom is -0.463 e. The molecular weight excluding hydrogens is 276 g/mol. The first kappa shape index (κ1) is 14.0. The summed E-state index contributed by atoms with van der Waals surface area (Å²) >= 11 is 1.19. The average molecular weight is 288 g/mol. The first-order chi connectivity index (χ1) is 9.76. The van der Waals surface area contributed by atoms with E-state index in [9.17, 15) is 4.79 Å². The van der Waals surface area contributed by atoms with Gasteiger partial charge < -0.3 is 9.47 Å². The zero-order valence-electron chi connectivity index (χ0n) is 10.8. The van der Waals surface area contributed by atoms with Crippen molar-refractivity contribution in [3.05, 3.63) is 29.4 Å². The molecule has 0 saturated carbocycles. The van der Waals surface area contributed by atoms with E-state index >= 15 is 0 Å². The number of pyridine rings is 1. The second-order valence-electron chi connectivity index (χ2n) is 3.61. The predicted molar refractivity (Wildman–Crippen MR) is 75.6 cm³/mol. The molecule has 0 atom stereocenters. The minimum absolute atomic E-state index is 0.0443. The third-order valence-electron chi connectivity index (χ3n) is 2.26. The molecule has 0 N–H and O–H groups in total. The number of terminal acetylenes is 1. The summed E-state index contributed by atoms with van der Waals surface area (Å²) in [6.07, 6.45) is 8.48. The molecular formula is C14H12N2O3S. The number of rotatable bonds is 5. The van der Waals surface area contributed by atoms with Crippen molar-refractivity contribution in [3.63, 3.8) is 0 Å². The summed E-state index contributed by atoms with van der Waals surface area (Å²) in [6.45, 7) is 2.07. The van der Waals surface area contributed by atoms with Gasteiger partial charge in [-0.15, -0.1) is 17.8 Å². The Balaban J connectivity index is 2.36. The Labute approximate surface area is 120 Å². The second kappa shape index (κ2) is 6.68. The van der Waals surface area contributed by atoms with Crippen LogP contribution in [0.3, 0.4) is 0 Å². The van der Waals surface area contributed by atoms with Crippen LogP contribution >= 0.6 is 11.3 Å². The van der Waals surface area contributed by atoms with Gasteiger partial charge >= 0.3 is 5.97 Å². The molecule has 0 unspecified atom stereocenters. The number of carbonyl (C=O) groups is 1. The average Bonchev–Trinajstić information content (AvgIpc) is 2.90. The monoisotopic (exact) mass is 288 g/mol. The molecule has 6 heteroatoms. The van der Waals surface area contributed by atoms with Crippen LogP contribution in [0.1, 0.15) is 16.6 Å². The number of ether oxygens (including phenoxy) is 2. The summed E-state index contributed by atoms with van der Waals surface area (Å²) in [6, 6.07) is 3.65. The minimum atomic E-state index is -0.466. The van der Waals surface area contributed by atoms with Gasteiger partial charge in [0.2, 0.25) is 5.88 Å². The number of esters is 1. The highest BCUT2D eigenvalue weighted by Crippen LogP contribution is 2.32. The number of nitrogens with zero attached hydrogens (tertiary/aromatic N) is 2. The van der Waals surface area contributed by atoms with E-state index < -0.39 is 5.97 Å². The first-order valence-electron chi connectivity index (χ1n) is 5.90. The summed E-state index contributed by atoms with van der Waals surface area (Å²) in [5, 5.41) is 0.633. The van der Waals surface area contributed by atoms with Crippen molar-refractivity contribution in [2.24, 2.45) is 0 Å². The van der Waals surface area contributed by atoms with Crippen LogP contribution in [-0.4, -0.2) is 29.2 Å². The van der Waals surface area contributed by atoms with E-state index in [1.54, 1.807) is 25.4 Å². The Kier molecular flexibility index (Phi) is 4.69. The van der Waals surface area contributed by atoms with E-state index in [0.717, 1.165) is 5.56 Å². The molecule has 0 saturated heterocycles. The number of hydrogen-bond acceptors (Lipinski definition) is 6. The summed E-state index contributed by atoms with van der Waals surface area (Å²) in [4.78, 5) is 20.5. The summed E-state index contributed by atoms with van der Waals surface area (Å²) < 4.78 is 10.3. The van der Waals surface area contributed by atoms with Gasteiger partial charge in [0.1, 0.15) is 5.01 Å². The highest BCUT2D eigenvalue weighted by atomic mass is 32.1. The lowest BCUT2D eigenvalue weighted by atomic mass is 10.3. The number of thiazole rings is 1. The second-order valence-corrected chi connectivity index (χ2v) is 4.61. The van der Waals surface area contributed by atoms with Crippen LogP contribution in [0.5, 0.6) is 5.88 Å². The molecule has 102 valence electrons. The zero-order valence-corrected chi connectivity index (χ0v) is 11.6. The zero-order chi connectivity index (χ0) is 14.4. The molecule has 5 nitrogen and oxygen atoms in total. The molecule has 0 aliphatic heterocycles. The highest BCUT2D eigenvalue weighted by Gasteiger charge is 2.21. The van der Waals surface area contributed by atoms with E-state index in [4.69, 9.17) is 15.9 Å². The lowest BCUT2D eigenvalue weighted by molar-refractivity contribution is 0.0528. The number of aromatic nitrogens is 2. The molecule has 2 heterocycles. The quantitative estimate of drug-likeness (QED) is 0.624. The molecule has 2 rings (SSSR count). The third kappa shape index (κ3) is 3.13. The third-order valence-corrected chi connectivity index (χ3v) is 3.32. The molecule has 0 fully saturated rings. The number of carbonyl (C=O) groups excluding carboxylic acids is 1. The molecule has 0 spiro atoms. The Morgan fingerprint density at radius 3 is 3.05 bits per heavy atom. The van der Waals surface area contributed by atoms with Gasteiger partial charge in [0.05, 0.1) is 6.61 Å². The van der Waals surface area contributed by atoms with E-state index in [2.05, 4.69) is 15.9 Å². The SMILES string of the molecule is C#CCOc1nc(-c2cccnc2)sc1C(=O)OCC. The molecule has 0 radical (unpaired) electrons. The van der Waals surface area contributed by atoms with Gasteiger partial charge in [-0.1, -0.05) is 5.92 Å². The van der Waals surface area contributed by atoms with Gasteiger partial charge in [-0.3, -0.25) is 4.98 Å². The maximum Gasteiger partial charge on any atom is 0.354 e. The predicted octanol–water partition coefficient (Wildman–Crippen LogP) is 2.39. The van der Waals surface area contributed by atoms with Crippen molar-refractivity contribution in [1.82, 2.24) is 9.97 Å². The van der Waals surface area contributed by atoms with Crippen LogP contribution in [-0.2, 0) is 4.74 Å². The van der Waals surface area contributed by atoms with Crippen LogP contribution in [0.25, 0.3) is 10.6 Å². The molecule has 0 bridgehead atoms. The number of hydrogen-bond donors (Lipinski definition) is 0. The van der Waals surface area contributed by atoms with E-state index in [-0.39, 0.29) is 19.1 Å². The van der Waals surface area contributed by atoms with Crippen molar-refractivity contribution in [2.75, 3.05) is 13.2 Å². The molecule has 0 aliphatic rings. The first-order valence-corrected chi connectivity index (χ1v) is 6.72. The van der Waals surface area contributed by atoms with Crippen LogP contribution in [0, 0.1) is 12.3 Å². The maximum atomic E-state index is 11.9. The highest BCUT2D eigenvalue weighted by molar-refractivity contribution is 7.17. The topological polar surface area (TPSA) is 61.3 Å². The van der Waals surface area contributed by atoms with Gasteiger partial charge in [0, 0.05) is 18.0 Å². The maximum absolute atomic E-state index is 11.9. The van der Waals surface area contributed by atoms with Crippen molar-refractivity contribution in [2.45, 2.75) is 6.92 Å². The molecule has 0 amide bonds. The fourth-order valence-electron chi connectivity index (χ4n) is 1.45. The largest absolute Gasteiger partial charge is 0.463 e. The van der Waals surface area contributed by atoms with Gasteiger partial charge in [-0.2, -0.15) is 0 Å². The Hall–Kier alpha value is -2.39. The van der Waals surface area contributed by atoms with Crippen LogP contribution in [0.2, 0.25) is 0 Å². The fourth-order valence-corrected chi connectivity index (χ4v) is 2.35. The van der Waals surface area contributed by atoms with Crippen LogP contribution < -0.4 is 4.74 Å². The summed E-state index contributed by atoms with van der Waals surface area (Å²) in [5.41, 5.74) is 0.804. The normalized spacial score (nSPS) is 9.80.